The summed E-state index contributed by atoms with van der Waals surface area (Å²) in [5.74, 6) is 0.222. The Labute approximate surface area is 101 Å². The summed E-state index contributed by atoms with van der Waals surface area (Å²) in [5.41, 5.74) is 5.91. The Hall–Kier alpha value is -1.13. The highest BCUT2D eigenvalue weighted by Crippen LogP contribution is 2.21. The van der Waals surface area contributed by atoms with Gasteiger partial charge in [-0.1, -0.05) is 12.5 Å². The predicted octanol–water partition coefficient (Wildman–Crippen LogP) is 2.22. The lowest BCUT2D eigenvalue weighted by Gasteiger charge is -2.10. The number of nitrogens with two attached hydrogens (primary N) is 1. The van der Waals surface area contributed by atoms with Crippen LogP contribution in [0.1, 0.15) is 31.2 Å². The second-order valence-corrected chi connectivity index (χ2v) is 3.91. The van der Waals surface area contributed by atoms with E-state index in [1.165, 1.54) is 6.07 Å². The molecule has 96 valence electrons. The van der Waals surface area contributed by atoms with Crippen molar-refractivity contribution in [1.82, 2.24) is 0 Å². The first-order valence-corrected chi connectivity index (χ1v) is 6.00. The molecule has 0 amide bonds. The molecule has 0 radical (unpaired) electrons. The van der Waals surface area contributed by atoms with Crippen LogP contribution in [-0.2, 0) is 6.54 Å². The summed E-state index contributed by atoms with van der Waals surface area (Å²) < 4.78 is 18.8. The molecule has 3 N–H and O–H groups in total. The van der Waals surface area contributed by atoms with Gasteiger partial charge in [0.1, 0.15) is 11.6 Å². The second kappa shape index (κ2) is 8.03. The van der Waals surface area contributed by atoms with Crippen molar-refractivity contribution in [2.75, 3.05) is 13.2 Å². The largest absolute Gasteiger partial charge is 0.493 e. The van der Waals surface area contributed by atoms with E-state index in [0.717, 1.165) is 25.7 Å². The second-order valence-electron chi connectivity index (χ2n) is 3.91. The number of benzene rings is 1. The number of aliphatic hydroxyl groups is 1. The molecule has 0 aliphatic heterocycles. The molecule has 0 aliphatic rings. The first kappa shape index (κ1) is 13.9. The number of hydrogen-bond donors (Lipinski definition) is 2. The Morgan fingerprint density at radius 1 is 1.18 bits per heavy atom. The standard InChI is InChI=1S/C13H20FNO2/c14-12-6-5-7-13(11(12)10-15)17-9-4-2-1-3-8-16/h5-7,16H,1-4,8-10,15H2. The van der Waals surface area contributed by atoms with E-state index in [-0.39, 0.29) is 19.0 Å². The van der Waals surface area contributed by atoms with Crippen molar-refractivity contribution in [3.8, 4) is 5.75 Å². The van der Waals surface area contributed by atoms with Crippen molar-refractivity contribution < 1.29 is 14.2 Å². The summed E-state index contributed by atoms with van der Waals surface area (Å²) in [7, 11) is 0. The molecular weight excluding hydrogens is 221 g/mol. The Kier molecular flexibility index (Phi) is 6.58. The van der Waals surface area contributed by atoms with Crippen LogP contribution in [0.3, 0.4) is 0 Å². The minimum Gasteiger partial charge on any atom is -0.493 e. The van der Waals surface area contributed by atoms with Crippen LogP contribution in [0.5, 0.6) is 5.75 Å². The lowest BCUT2D eigenvalue weighted by atomic mass is 10.2. The van der Waals surface area contributed by atoms with Crippen LogP contribution in [0.2, 0.25) is 0 Å². The van der Waals surface area contributed by atoms with E-state index in [4.69, 9.17) is 15.6 Å². The van der Waals surface area contributed by atoms with Crippen LogP contribution < -0.4 is 10.5 Å². The highest BCUT2D eigenvalue weighted by atomic mass is 19.1. The van der Waals surface area contributed by atoms with E-state index in [9.17, 15) is 4.39 Å². The molecular formula is C13H20FNO2. The molecule has 0 aliphatic carbocycles. The average molecular weight is 241 g/mol. The fourth-order valence-corrected chi connectivity index (χ4v) is 1.62. The first-order chi connectivity index (χ1) is 8.29. The van der Waals surface area contributed by atoms with E-state index in [0.29, 0.717) is 17.9 Å². The maximum atomic E-state index is 13.3. The molecule has 0 saturated heterocycles. The molecule has 0 aromatic heterocycles. The molecule has 1 aromatic rings. The van der Waals surface area contributed by atoms with E-state index in [2.05, 4.69) is 0 Å². The Balaban J connectivity index is 2.33. The van der Waals surface area contributed by atoms with E-state index in [1.807, 2.05) is 0 Å². The van der Waals surface area contributed by atoms with Crippen LogP contribution in [-0.4, -0.2) is 18.3 Å². The number of aliphatic hydroxyl groups excluding tert-OH is 1. The fourth-order valence-electron chi connectivity index (χ4n) is 1.62. The minimum atomic E-state index is -0.315. The number of rotatable bonds is 8. The van der Waals surface area contributed by atoms with Crippen molar-refractivity contribution in [2.24, 2.45) is 5.73 Å². The summed E-state index contributed by atoms with van der Waals surface area (Å²) >= 11 is 0. The van der Waals surface area contributed by atoms with Gasteiger partial charge in [0.05, 0.1) is 6.61 Å². The monoisotopic (exact) mass is 241 g/mol. The molecule has 1 aromatic carbocycles. The molecule has 3 nitrogen and oxygen atoms in total. The third-order valence-electron chi connectivity index (χ3n) is 2.59. The van der Waals surface area contributed by atoms with Crippen molar-refractivity contribution in [3.63, 3.8) is 0 Å². The van der Waals surface area contributed by atoms with Crippen molar-refractivity contribution in [2.45, 2.75) is 32.2 Å². The molecule has 0 saturated carbocycles. The van der Waals surface area contributed by atoms with Gasteiger partial charge in [-0.05, 0) is 31.4 Å². The van der Waals surface area contributed by atoms with E-state index >= 15 is 0 Å². The van der Waals surface area contributed by atoms with Gasteiger partial charge in [0.25, 0.3) is 0 Å². The van der Waals surface area contributed by atoms with Gasteiger partial charge >= 0.3 is 0 Å². The smallest absolute Gasteiger partial charge is 0.131 e. The Bertz CT molecular complexity index is 331. The Morgan fingerprint density at radius 3 is 2.65 bits per heavy atom. The van der Waals surface area contributed by atoms with E-state index in [1.54, 1.807) is 12.1 Å². The molecule has 0 atom stereocenters. The van der Waals surface area contributed by atoms with Gasteiger partial charge in [-0.15, -0.1) is 0 Å². The summed E-state index contributed by atoms with van der Waals surface area (Å²) in [6.45, 7) is 0.941. The minimum absolute atomic E-state index is 0.145. The molecule has 0 spiro atoms. The predicted molar refractivity (Wildman–Crippen MR) is 65.3 cm³/mol. The summed E-state index contributed by atoms with van der Waals surface area (Å²) in [4.78, 5) is 0. The molecule has 17 heavy (non-hydrogen) atoms. The van der Waals surface area contributed by atoms with Gasteiger partial charge in [-0.25, -0.2) is 4.39 Å². The van der Waals surface area contributed by atoms with Crippen LogP contribution in [0.25, 0.3) is 0 Å². The molecule has 0 unspecified atom stereocenters. The average Bonchev–Trinajstić information content (AvgIpc) is 2.34. The van der Waals surface area contributed by atoms with Gasteiger partial charge in [0, 0.05) is 18.7 Å². The third kappa shape index (κ3) is 4.71. The van der Waals surface area contributed by atoms with Gasteiger partial charge in [0.15, 0.2) is 0 Å². The lowest BCUT2D eigenvalue weighted by molar-refractivity contribution is 0.272. The van der Waals surface area contributed by atoms with Gasteiger partial charge in [-0.3, -0.25) is 0 Å². The zero-order valence-electron chi connectivity index (χ0n) is 9.99. The first-order valence-electron chi connectivity index (χ1n) is 6.00. The molecule has 4 heteroatoms. The maximum absolute atomic E-state index is 13.3. The molecule has 0 fully saturated rings. The summed E-state index contributed by atoms with van der Waals surface area (Å²) in [6.07, 6.45) is 3.73. The van der Waals surface area contributed by atoms with Crippen LogP contribution in [0, 0.1) is 5.82 Å². The molecule has 0 bridgehead atoms. The van der Waals surface area contributed by atoms with Crippen molar-refractivity contribution in [3.05, 3.63) is 29.6 Å². The highest BCUT2D eigenvalue weighted by molar-refractivity contribution is 5.34. The zero-order valence-corrected chi connectivity index (χ0v) is 9.99. The van der Waals surface area contributed by atoms with E-state index < -0.39 is 0 Å². The number of unbranched alkanes of at least 4 members (excludes halogenated alkanes) is 3. The zero-order chi connectivity index (χ0) is 12.5. The maximum Gasteiger partial charge on any atom is 0.131 e. The molecule has 1 rings (SSSR count). The third-order valence-corrected chi connectivity index (χ3v) is 2.59. The SMILES string of the molecule is NCc1c(F)cccc1OCCCCCCO. The van der Waals surface area contributed by atoms with Gasteiger partial charge < -0.3 is 15.6 Å². The normalized spacial score (nSPS) is 10.5. The van der Waals surface area contributed by atoms with Gasteiger partial charge in [0.2, 0.25) is 0 Å². The van der Waals surface area contributed by atoms with Crippen molar-refractivity contribution in [1.29, 1.82) is 0 Å². The summed E-state index contributed by atoms with van der Waals surface area (Å²) in [6, 6.07) is 4.74. The Morgan fingerprint density at radius 2 is 1.94 bits per heavy atom. The number of halogens is 1. The number of hydrogen-bond acceptors (Lipinski definition) is 3. The van der Waals surface area contributed by atoms with Gasteiger partial charge in [-0.2, -0.15) is 0 Å². The van der Waals surface area contributed by atoms with Crippen LogP contribution in [0.4, 0.5) is 4.39 Å². The lowest BCUT2D eigenvalue weighted by Crippen LogP contribution is -2.06. The van der Waals surface area contributed by atoms with Crippen LogP contribution >= 0.6 is 0 Å². The molecule has 0 heterocycles. The highest BCUT2D eigenvalue weighted by Gasteiger charge is 2.07. The fraction of sp³-hybridized carbons (Fsp3) is 0.538. The quantitative estimate of drug-likeness (QED) is 0.686. The van der Waals surface area contributed by atoms with Crippen LogP contribution in [0.15, 0.2) is 18.2 Å². The summed E-state index contributed by atoms with van der Waals surface area (Å²) in [5, 5.41) is 8.61. The number of ether oxygens (including phenoxy) is 1. The van der Waals surface area contributed by atoms with Crippen molar-refractivity contribution >= 4 is 0 Å². The topological polar surface area (TPSA) is 55.5 Å².